The molecule has 0 bridgehead atoms. The quantitative estimate of drug-likeness (QED) is 0.243. The van der Waals surface area contributed by atoms with Gasteiger partial charge in [-0.25, -0.2) is 0 Å². The maximum atomic E-state index is 10.1. The predicted octanol–water partition coefficient (Wildman–Crippen LogP) is -5.40. The molecule has 2 rings (SSSR count). The van der Waals surface area contributed by atoms with E-state index < -0.39 is 74.6 Å². The van der Waals surface area contributed by atoms with E-state index in [-0.39, 0.29) is 0 Å². The van der Waals surface area contributed by atoms with E-state index in [1.807, 2.05) is 0 Å². The summed E-state index contributed by atoms with van der Waals surface area (Å²) >= 11 is 0. The van der Waals surface area contributed by atoms with Gasteiger partial charge in [-0.2, -0.15) is 0 Å². The van der Waals surface area contributed by atoms with Gasteiger partial charge in [0, 0.05) is 0 Å². The highest BCUT2D eigenvalue weighted by Crippen LogP contribution is 2.30. The number of ether oxygens (including phenoxy) is 3. The number of aliphatic hydroxyl groups is 8. The molecule has 0 radical (unpaired) electrons. The van der Waals surface area contributed by atoms with Crippen LogP contribution in [0.5, 0.6) is 0 Å². The monoisotopic (exact) mass is 342 g/mol. The molecule has 0 aromatic heterocycles. The lowest BCUT2D eigenvalue weighted by Crippen LogP contribution is -2.67. The van der Waals surface area contributed by atoms with Gasteiger partial charge in [-0.05, 0) is 0 Å². The van der Waals surface area contributed by atoms with Gasteiger partial charge in [-0.15, -0.1) is 0 Å². The van der Waals surface area contributed by atoms with Crippen molar-refractivity contribution in [3.05, 3.63) is 0 Å². The average Bonchev–Trinajstić information content (AvgIpc) is 2.55. The minimum Gasteiger partial charge on any atom is -0.394 e. The van der Waals surface area contributed by atoms with Crippen molar-refractivity contribution in [2.24, 2.45) is 0 Å². The van der Waals surface area contributed by atoms with E-state index in [9.17, 15) is 35.7 Å². The molecule has 0 unspecified atom stereocenters. The summed E-state index contributed by atoms with van der Waals surface area (Å²) in [6.45, 7) is -2.15. The molecule has 11 heteroatoms. The summed E-state index contributed by atoms with van der Waals surface area (Å²) in [5.41, 5.74) is 0. The van der Waals surface area contributed by atoms with Crippen molar-refractivity contribution >= 4 is 0 Å². The Morgan fingerprint density at radius 2 is 1.61 bits per heavy atom. The predicted molar refractivity (Wildman–Crippen MR) is 68.6 cm³/mol. The number of hydrogen-bond acceptors (Lipinski definition) is 11. The van der Waals surface area contributed by atoms with Crippen molar-refractivity contribution in [1.82, 2.24) is 0 Å². The molecule has 0 aromatic rings. The zero-order valence-corrected chi connectivity index (χ0v) is 12.0. The molecule has 2 aliphatic heterocycles. The second-order valence-corrected chi connectivity index (χ2v) is 5.63. The van der Waals surface area contributed by atoms with E-state index in [0.29, 0.717) is 0 Å². The summed E-state index contributed by atoms with van der Waals surface area (Å²) in [5.74, 6) is -2.38. The largest absolute Gasteiger partial charge is 0.394 e. The Kier molecular flexibility index (Phi) is 5.92. The van der Waals surface area contributed by atoms with Crippen molar-refractivity contribution in [1.29, 1.82) is 0 Å². The van der Waals surface area contributed by atoms with Crippen molar-refractivity contribution in [3.8, 4) is 0 Å². The normalized spacial score (nSPS) is 51.7. The first-order valence-corrected chi connectivity index (χ1v) is 7.04. The lowest BCUT2D eigenvalue weighted by molar-refractivity contribution is -0.387. The fourth-order valence-corrected chi connectivity index (χ4v) is 2.53. The summed E-state index contributed by atoms with van der Waals surface area (Å²) in [5, 5.41) is 77.2. The molecule has 136 valence electrons. The summed E-state index contributed by atoms with van der Waals surface area (Å²) in [4.78, 5) is 0. The summed E-state index contributed by atoms with van der Waals surface area (Å²) < 4.78 is 15.1. The lowest BCUT2D eigenvalue weighted by atomic mass is 9.96. The van der Waals surface area contributed by atoms with Crippen molar-refractivity contribution < 1.29 is 55.1 Å². The average molecular weight is 342 g/mol. The van der Waals surface area contributed by atoms with Crippen molar-refractivity contribution in [2.45, 2.75) is 54.8 Å². The molecule has 0 spiro atoms. The molecule has 8 N–H and O–H groups in total. The summed E-state index contributed by atoms with van der Waals surface area (Å²) in [6.07, 6.45) is -12.9. The third-order valence-corrected chi connectivity index (χ3v) is 4.01. The van der Waals surface area contributed by atoms with Crippen molar-refractivity contribution in [2.75, 3.05) is 19.8 Å². The van der Waals surface area contributed by atoms with Gasteiger partial charge in [0.15, 0.2) is 6.29 Å². The molecular formula is C12H22O11. The van der Waals surface area contributed by atoms with Crippen LogP contribution >= 0.6 is 0 Å². The van der Waals surface area contributed by atoms with E-state index in [2.05, 4.69) is 0 Å². The zero-order valence-electron chi connectivity index (χ0n) is 12.0. The molecular weight excluding hydrogens is 320 g/mol. The van der Waals surface area contributed by atoms with Crippen LogP contribution in [-0.4, -0.2) is 115 Å². The Bertz CT molecular complexity index is 393. The van der Waals surface area contributed by atoms with Gasteiger partial charge < -0.3 is 55.1 Å². The van der Waals surface area contributed by atoms with Gasteiger partial charge in [0.2, 0.25) is 5.79 Å². The van der Waals surface area contributed by atoms with Gasteiger partial charge in [0.1, 0.15) is 42.7 Å². The second-order valence-electron chi connectivity index (χ2n) is 5.63. The van der Waals surface area contributed by atoms with Crippen LogP contribution < -0.4 is 0 Å². The van der Waals surface area contributed by atoms with Crippen LogP contribution in [0.3, 0.4) is 0 Å². The Balaban J connectivity index is 2.17. The molecule has 23 heavy (non-hydrogen) atoms. The van der Waals surface area contributed by atoms with E-state index in [1.165, 1.54) is 0 Å². The first kappa shape index (κ1) is 18.9. The van der Waals surface area contributed by atoms with Gasteiger partial charge in [0.25, 0.3) is 0 Å². The van der Waals surface area contributed by atoms with Gasteiger partial charge >= 0.3 is 0 Å². The molecule has 11 nitrogen and oxygen atoms in total. The van der Waals surface area contributed by atoms with Crippen LogP contribution in [0, 0.1) is 0 Å². The number of aliphatic hydroxyl groups excluding tert-OH is 7. The van der Waals surface area contributed by atoms with Gasteiger partial charge in [-0.1, -0.05) is 0 Å². The SMILES string of the molecule is OC[C@H]1O[C@H](O[C@H]2[C@@H](O)[C@H](O)CO[C@@]2(O)CO)[C@H](O)[C@@H](O)[C@@H]1O. The van der Waals surface area contributed by atoms with Crippen LogP contribution in [0.25, 0.3) is 0 Å². The standard InChI is InChI=1S/C12H22O11/c13-1-5-7(17)8(18)9(19)11(22-5)23-10-6(16)4(15)2-21-12(10,20)3-14/h4-11,13-20H,1-3H2/t4-,5-,6+,7-,8+,9-,10+,11-,12+/m1/s1. The highest BCUT2D eigenvalue weighted by Gasteiger charge is 2.53. The lowest BCUT2D eigenvalue weighted by Gasteiger charge is -2.47. The second kappa shape index (κ2) is 7.21. The van der Waals surface area contributed by atoms with Crippen LogP contribution in [-0.2, 0) is 14.2 Å². The highest BCUT2D eigenvalue weighted by molar-refractivity contribution is 4.95. The maximum Gasteiger partial charge on any atom is 0.219 e. The van der Waals surface area contributed by atoms with Crippen LogP contribution in [0.2, 0.25) is 0 Å². The number of rotatable bonds is 4. The van der Waals surface area contributed by atoms with E-state index in [0.717, 1.165) is 0 Å². The third kappa shape index (κ3) is 3.50. The first-order valence-electron chi connectivity index (χ1n) is 7.04. The molecule has 2 heterocycles. The number of hydrogen-bond donors (Lipinski definition) is 8. The van der Waals surface area contributed by atoms with Crippen LogP contribution in [0.15, 0.2) is 0 Å². The molecule has 2 fully saturated rings. The minimum absolute atomic E-state index is 0.466. The van der Waals surface area contributed by atoms with E-state index in [1.54, 1.807) is 0 Å². The van der Waals surface area contributed by atoms with Crippen molar-refractivity contribution in [3.63, 3.8) is 0 Å². The Morgan fingerprint density at radius 3 is 2.17 bits per heavy atom. The Morgan fingerprint density at radius 1 is 0.957 bits per heavy atom. The zero-order chi connectivity index (χ0) is 17.4. The molecule has 0 aliphatic carbocycles. The summed E-state index contributed by atoms with van der Waals surface area (Å²) in [6, 6.07) is 0. The Hall–Kier alpha value is -0.440. The molecule has 2 saturated heterocycles. The molecule has 0 aromatic carbocycles. The topological polar surface area (TPSA) is 190 Å². The van der Waals surface area contributed by atoms with Gasteiger partial charge in [-0.3, -0.25) is 0 Å². The van der Waals surface area contributed by atoms with Crippen LogP contribution in [0.1, 0.15) is 0 Å². The molecule has 0 amide bonds. The minimum atomic E-state index is -2.38. The Labute approximate surface area is 130 Å². The van der Waals surface area contributed by atoms with E-state index >= 15 is 0 Å². The van der Waals surface area contributed by atoms with Crippen LogP contribution in [0.4, 0.5) is 0 Å². The smallest absolute Gasteiger partial charge is 0.219 e. The first-order chi connectivity index (χ1) is 10.7. The molecule has 0 saturated carbocycles. The summed E-state index contributed by atoms with van der Waals surface area (Å²) in [7, 11) is 0. The molecule has 9 atom stereocenters. The fraction of sp³-hybridized carbons (Fsp3) is 1.00. The maximum absolute atomic E-state index is 10.1. The fourth-order valence-electron chi connectivity index (χ4n) is 2.53. The molecule has 2 aliphatic rings. The highest BCUT2D eigenvalue weighted by atomic mass is 16.7. The van der Waals surface area contributed by atoms with Gasteiger partial charge in [0.05, 0.1) is 19.8 Å². The van der Waals surface area contributed by atoms with E-state index in [4.69, 9.17) is 19.3 Å². The third-order valence-electron chi connectivity index (χ3n) is 4.01.